The first-order chi connectivity index (χ1) is 12.4. The van der Waals surface area contributed by atoms with Crippen molar-refractivity contribution in [3.8, 4) is 0 Å². The Morgan fingerprint density at radius 2 is 1.67 bits per heavy atom. The molecule has 27 heavy (non-hydrogen) atoms. The summed E-state index contributed by atoms with van der Waals surface area (Å²) in [6.07, 6.45) is 3.76. The van der Waals surface area contributed by atoms with Gasteiger partial charge in [0.2, 0.25) is 11.8 Å². The summed E-state index contributed by atoms with van der Waals surface area (Å²) in [6.45, 7) is 10.2. The first-order valence-electron chi connectivity index (χ1n) is 9.15. The molecule has 0 radical (unpaired) electrons. The van der Waals surface area contributed by atoms with Gasteiger partial charge in [-0.05, 0) is 40.5 Å². The van der Waals surface area contributed by atoms with E-state index in [4.69, 9.17) is 4.74 Å². The van der Waals surface area contributed by atoms with Gasteiger partial charge in [0, 0.05) is 50.7 Å². The van der Waals surface area contributed by atoms with Crippen molar-refractivity contribution in [2.45, 2.75) is 65.0 Å². The highest BCUT2D eigenvalue weighted by Crippen LogP contribution is 2.17. The topological polar surface area (TPSA) is 105 Å². The molecular formula is C19H31N3O5. The molecule has 2 N–H and O–H groups in total. The molecule has 0 fully saturated rings. The smallest absolute Gasteiger partial charge is 0.253 e. The fraction of sp³-hybridized carbons (Fsp3) is 0.684. The summed E-state index contributed by atoms with van der Waals surface area (Å²) < 4.78 is 5.89. The van der Waals surface area contributed by atoms with Crippen LogP contribution in [0, 0.1) is 0 Å². The van der Waals surface area contributed by atoms with E-state index in [0.717, 1.165) is 4.90 Å². The molecule has 0 unspecified atom stereocenters. The molecule has 152 valence electrons. The van der Waals surface area contributed by atoms with Crippen molar-refractivity contribution in [1.82, 2.24) is 15.5 Å². The standard InChI is InChI=1S/C19H31N3O5/c1-14(23)20-11-9-19(4,5)27-13-10-18(2,3)21-15(24)8-12-22-16(25)6-7-17(22)26/h6-7H,8-13H2,1-5H3,(H,20,23)(H,21,24). The average Bonchev–Trinajstić information content (AvgIpc) is 2.82. The minimum absolute atomic E-state index is 0.0612. The van der Waals surface area contributed by atoms with Crippen molar-refractivity contribution < 1.29 is 23.9 Å². The lowest BCUT2D eigenvalue weighted by Crippen LogP contribution is -2.46. The van der Waals surface area contributed by atoms with Crippen molar-refractivity contribution in [2.24, 2.45) is 0 Å². The van der Waals surface area contributed by atoms with Crippen LogP contribution in [0.4, 0.5) is 0 Å². The van der Waals surface area contributed by atoms with Gasteiger partial charge in [0.25, 0.3) is 11.8 Å². The number of hydrogen-bond acceptors (Lipinski definition) is 5. The maximum absolute atomic E-state index is 12.1. The van der Waals surface area contributed by atoms with E-state index in [1.54, 1.807) is 0 Å². The maximum atomic E-state index is 12.1. The van der Waals surface area contributed by atoms with Gasteiger partial charge in [0.1, 0.15) is 0 Å². The molecule has 0 atom stereocenters. The largest absolute Gasteiger partial charge is 0.375 e. The van der Waals surface area contributed by atoms with E-state index in [1.807, 2.05) is 27.7 Å². The van der Waals surface area contributed by atoms with Crippen molar-refractivity contribution in [3.05, 3.63) is 12.2 Å². The molecule has 0 saturated carbocycles. The number of nitrogens with zero attached hydrogens (tertiary/aromatic N) is 1. The number of ether oxygens (including phenoxy) is 1. The summed E-state index contributed by atoms with van der Waals surface area (Å²) in [4.78, 5) is 47.1. The van der Waals surface area contributed by atoms with Crippen molar-refractivity contribution in [3.63, 3.8) is 0 Å². The maximum Gasteiger partial charge on any atom is 0.253 e. The molecule has 1 rings (SSSR count). The Kier molecular flexibility index (Phi) is 8.15. The number of amides is 4. The van der Waals surface area contributed by atoms with E-state index in [1.165, 1.54) is 19.1 Å². The molecule has 0 aromatic rings. The van der Waals surface area contributed by atoms with Crippen molar-refractivity contribution in [1.29, 1.82) is 0 Å². The van der Waals surface area contributed by atoms with E-state index in [-0.39, 0.29) is 42.2 Å². The second kappa shape index (κ2) is 9.64. The average molecular weight is 381 g/mol. The summed E-state index contributed by atoms with van der Waals surface area (Å²) in [5.41, 5.74) is -0.867. The number of carbonyl (C=O) groups is 4. The third kappa shape index (κ3) is 8.81. The Balaban J connectivity index is 2.31. The number of rotatable bonds is 11. The van der Waals surface area contributed by atoms with Crippen LogP contribution in [0.3, 0.4) is 0 Å². The molecule has 0 aromatic carbocycles. The molecule has 1 aliphatic rings. The van der Waals surface area contributed by atoms with Crippen molar-refractivity contribution >= 4 is 23.6 Å². The molecule has 8 nitrogen and oxygen atoms in total. The van der Waals surface area contributed by atoms with Crippen LogP contribution < -0.4 is 10.6 Å². The Labute approximate surface area is 160 Å². The zero-order valence-electron chi connectivity index (χ0n) is 16.9. The number of nitrogens with one attached hydrogen (secondary N) is 2. The Bertz CT molecular complexity index is 592. The SMILES string of the molecule is CC(=O)NCCC(C)(C)OCCC(C)(C)NC(=O)CCN1C(=O)C=CC1=O. The quantitative estimate of drug-likeness (QED) is 0.518. The Hall–Kier alpha value is -2.22. The molecule has 1 aliphatic heterocycles. The predicted octanol–water partition coefficient (Wildman–Crippen LogP) is 0.908. The van der Waals surface area contributed by atoms with Gasteiger partial charge in [-0.2, -0.15) is 0 Å². The van der Waals surface area contributed by atoms with Gasteiger partial charge >= 0.3 is 0 Å². The second-order valence-electron chi connectivity index (χ2n) is 7.93. The van der Waals surface area contributed by atoms with Gasteiger partial charge in [-0.1, -0.05) is 0 Å². The third-order valence-corrected chi connectivity index (χ3v) is 4.26. The Morgan fingerprint density at radius 1 is 1.07 bits per heavy atom. The van der Waals surface area contributed by atoms with E-state index >= 15 is 0 Å². The van der Waals surface area contributed by atoms with E-state index in [2.05, 4.69) is 10.6 Å². The van der Waals surface area contributed by atoms with E-state index in [0.29, 0.717) is 26.0 Å². The molecular weight excluding hydrogens is 350 g/mol. The predicted molar refractivity (Wildman–Crippen MR) is 101 cm³/mol. The van der Waals surface area contributed by atoms with Crippen LogP contribution in [0.2, 0.25) is 0 Å². The lowest BCUT2D eigenvalue weighted by molar-refractivity contribution is -0.137. The van der Waals surface area contributed by atoms with E-state index < -0.39 is 5.54 Å². The van der Waals surface area contributed by atoms with Gasteiger partial charge < -0.3 is 15.4 Å². The highest BCUT2D eigenvalue weighted by atomic mass is 16.5. The van der Waals surface area contributed by atoms with Crippen LogP contribution >= 0.6 is 0 Å². The van der Waals surface area contributed by atoms with E-state index in [9.17, 15) is 19.2 Å². The van der Waals surface area contributed by atoms with Crippen LogP contribution in [0.5, 0.6) is 0 Å². The summed E-state index contributed by atoms with van der Waals surface area (Å²) in [5, 5.41) is 5.65. The number of imide groups is 1. The monoisotopic (exact) mass is 381 g/mol. The lowest BCUT2D eigenvalue weighted by atomic mass is 10.00. The van der Waals surface area contributed by atoms with Crippen molar-refractivity contribution in [2.75, 3.05) is 19.7 Å². The fourth-order valence-electron chi connectivity index (χ4n) is 2.56. The molecule has 0 aliphatic carbocycles. The molecule has 0 aromatic heterocycles. The first kappa shape index (κ1) is 22.8. The minimum Gasteiger partial charge on any atom is -0.375 e. The highest BCUT2D eigenvalue weighted by molar-refractivity contribution is 6.13. The first-order valence-corrected chi connectivity index (χ1v) is 9.15. The van der Waals surface area contributed by atoms with Gasteiger partial charge in [-0.3, -0.25) is 24.1 Å². The molecule has 8 heteroatoms. The lowest BCUT2D eigenvalue weighted by Gasteiger charge is -2.30. The van der Waals surface area contributed by atoms with Crippen LogP contribution in [-0.2, 0) is 23.9 Å². The van der Waals surface area contributed by atoms with Gasteiger partial charge in [0.05, 0.1) is 5.60 Å². The summed E-state index contributed by atoms with van der Waals surface area (Å²) in [5.74, 6) is -1.07. The second-order valence-corrected chi connectivity index (χ2v) is 7.93. The van der Waals surface area contributed by atoms with Crippen LogP contribution in [-0.4, -0.2) is 59.4 Å². The molecule has 0 bridgehead atoms. The summed E-state index contributed by atoms with van der Waals surface area (Å²) in [6, 6.07) is 0. The minimum atomic E-state index is -0.484. The van der Waals surface area contributed by atoms with Crippen LogP contribution in [0.25, 0.3) is 0 Å². The summed E-state index contributed by atoms with van der Waals surface area (Å²) in [7, 11) is 0. The van der Waals surface area contributed by atoms with Gasteiger partial charge in [-0.15, -0.1) is 0 Å². The number of hydrogen-bond donors (Lipinski definition) is 2. The molecule has 0 saturated heterocycles. The molecule has 0 spiro atoms. The van der Waals surface area contributed by atoms with Crippen LogP contribution in [0.1, 0.15) is 53.9 Å². The number of carbonyl (C=O) groups excluding carboxylic acids is 4. The zero-order chi connectivity index (χ0) is 20.7. The highest BCUT2D eigenvalue weighted by Gasteiger charge is 2.26. The summed E-state index contributed by atoms with van der Waals surface area (Å²) >= 11 is 0. The van der Waals surface area contributed by atoms with Gasteiger partial charge in [0.15, 0.2) is 0 Å². The zero-order valence-corrected chi connectivity index (χ0v) is 16.9. The molecule has 4 amide bonds. The van der Waals surface area contributed by atoms with Crippen LogP contribution in [0.15, 0.2) is 12.2 Å². The Morgan fingerprint density at radius 3 is 2.22 bits per heavy atom. The molecule has 1 heterocycles. The third-order valence-electron chi connectivity index (χ3n) is 4.26. The normalized spacial score (nSPS) is 14.6. The fourth-order valence-corrected chi connectivity index (χ4v) is 2.56. The van der Waals surface area contributed by atoms with Gasteiger partial charge in [-0.25, -0.2) is 0 Å².